The summed E-state index contributed by atoms with van der Waals surface area (Å²) in [5, 5.41) is 6.93. The van der Waals surface area contributed by atoms with Crippen LogP contribution in [0.25, 0.3) is 0 Å². The van der Waals surface area contributed by atoms with Crippen molar-refractivity contribution in [3.05, 3.63) is 89.6 Å². The van der Waals surface area contributed by atoms with E-state index in [1.54, 1.807) is 12.3 Å². The lowest BCUT2D eigenvalue weighted by atomic mass is 9.82. The minimum Gasteiger partial charge on any atom is -0.362 e. The highest BCUT2D eigenvalue weighted by atomic mass is 14.9. The predicted molar refractivity (Wildman–Crippen MR) is 142 cm³/mol. The van der Waals surface area contributed by atoms with E-state index in [1.807, 2.05) is 20.8 Å². The molecule has 0 aliphatic carbocycles. The summed E-state index contributed by atoms with van der Waals surface area (Å²) in [7, 11) is 0. The zero-order valence-corrected chi connectivity index (χ0v) is 21.3. The third-order valence-electron chi connectivity index (χ3n) is 5.01. The molecule has 2 nitrogen and oxygen atoms in total. The van der Waals surface area contributed by atoms with E-state index in [2.05, 4.69) is 94.8 Å². The molecule has 1 aliphatic rings. The Morgan fingerprint density at radius 3 is 2.06 bits per heavy atom. The van der Waals surface area contributed by atoms with Gasteiger partial charge < -0.3 is 10.6 Å². The van der Waals surface area contributed by atoms with Gasteiger partial charge in [-0.1, -0.05) is 82.7 Å². The summed E-state index contributed by atoms with van der Waals surface area (Å²) in [5.41, 5.74) is 8.01. The van der Waals surface area contributed by atoms with Gasteiger partial charge in [0, 0.05) is 30.6 Å². The molecule has 1 heterocycles. The second-order valence-corrected chi connectivity index (χ2v) is 7.77. The highest BCUT2D eigenvalue weighted by Crippen LogP contribution is 2.40. The number of nitrogens with one attached hydrogen (secondary N) is 2. The van der Waals surface area contributed by atoms with Crippen LogP contribution in [0.1, 0.15) is 80.7 Å². The molecular weight excluding hydrogens is 376 g/mol. The van der Waals surface area contributed by atoms with Gasteiger partial charge in [0.25, 0.3) is 0 Å². The van der Waals surface area contributed by atoms with E-state index in [-0.39, 0.29) is 0 Å². The topological polar surface area (TPSA) is 24.1 Å². The SMILES string of the molecule is C=CC.C=CNc1cc(C)c(C)cc1[C@@H]1CNC[C@@H]1c1cccc(C)c1.CC.CCC. The first-order valence-electron chi connectivity index (χ1n) is 11.8. The highest BCUT2D eigenvalue weighted by Gasteiger charge is 2.31. The van der Waals surface area contributed by atoms with Crippen molar-refractivity contribution < 1.29 is 0 Å². The average molecular weight is 423 g/mol. The molecule has 0 spiro atoms. The first kappa shape index (κ1) is 28.7. The van der Waals surface area contributed by atoms with E-state index in [9.17, 15) is 0 Å². The quantitative estimate of drug-likeness (QED) is 0.484. The molecule has 0 radical (unpaired) electrons. The Labute approximate surface area is 192 Å². The molecule has 1 saturated heterocycles. The smallest absolute Gasteiger partial charge is 0.0418 e. The third-order valence-corrected chi connectivity index (χ3v) is 5.01. The largest absolute Gasteiger partial charge is 0.362 e. The van der Waals surface area contributed by atoms with Crippen molar-refractivity contribution in [2.45, 2.75) is 73.6 Å². The Kier molecular flexibility index (Phi) is 15.2. The number of hydrogen-bond donors (Lipinski definition) is 2. The Balaban J connectivity index is 0.000000991. The van der Waals surface area contributed by atoms with Gasteiger partial charge in [-0.05, 0) is 62.2 Å². The summed E-state index contributed by atoms with van der Waals surface area (Å²) >= 11 is 0. The Bertz CT molecular complexity index is 776. The van der Waals surface area contributed by atoms with Crippen LogP contribution < -0.4 is 10.6 Å². The van der Waals surface area contributed by atoms with Crippen molar-refractivity contribution in [1.29, 1.82) is 0 Å². The van der Waals surface area contributed by atoms with Crippen LogP contribution in [0.3, 0.4) is 0 Å². The first-order chi connectivity index (χ1) is 14.9. The van der Waals surface area contributed by atoms with Gasteiger partial charge in [-0.2, -0.15) is 0 Å². The monoisotopic (exact) mass is 422 g/mol. The molecule has 1 aliphatic heterocycles. The fraction of sp³-hybridized carbons (Fsp3) is 0.448. The molecule has 172 valence electrons. The summed E-state index contributed by atoms with van der Waals surface area (Å²) in [6, 6.07) is 13.5. The lowest BCUT2D eigenvalue weighted by Crippen LogP contribution is -2.12. The Hall–Kier alpha value is -2.32. The van der Waals surface area contributed by atoms with Crippen molar-refractivity contribution in [3.8, 4) is 0 Å². The van der Waals surface area contributed by atoms with Crippen molar-refractivity contribution in [3.63, 3.8) is 0 Å². The lowest BCUT2D eigenvalue weighted by Gasteiger charge is -2.23. The summed E-state index contributed by atoms with van der Waals surface area (Å²) in [5.74, 6) is 1.00. The van der Waals surface area contributed by atoms with Crippen LogP contribution in [-0.2, 0) is 0 Å². The van der Waals surface area contributed by atoms with E-state index in [4.69, 9.17) is 0 Å². The molecule has 3 rings (SSSR count). The molecule has 0 aromatic heterocycles. The number of aryl methyl sites for hydroxylation is 3. The van der Waals surface area contributed by atoms with Gasteiger partial charge >= 0.3 is 0 Å². The van der Waals surface area contributed by atoms with Crippen molar-refractivity contribution in [2.75, 3.05) is 18.4 Å². The number of rotatable bonds is 4. The zero-order valence-electron chi connectivity index (χ0n) is 21.3. The molecule has 31 heavy (non-hydrogen) atoms. The normalized spacial score (nSPS) is 16.4. The van der Waals surface area contributed by atoms with E-state index >= 15 is 0 Å². The summed E-state index contributed by atoms with van der Waals surface area (Å²) in [6.07, 6.45) is 4.78. The van der Waals surface area contributed by atoms with Gasteiger partial charge in [-0.15, -0.1) is 6.58 Å². The second kappa shape index (κ2) is 16.4. The molecule has 2 atom stereocenters. The number of allylic oxidation sites excluding steroid dienone is 1. The molecule has 0 amide bonds. The molecule has 2 heteroatoms. The van der Waals surface area contributed by atoms with E-state index in [0.29, 0.717) is 11.8 Å². The summed E-state index contributed by atoms with van der Waals surface area (Å²) in [6.45, 7) is 25.9. The molecule has 0 unspecified atom stereocenters. The standard InChI is InChI=1S/C21H26N2.C3H8.C3H6.C2H6/c1-5-23-21-11-16(4)15(3)10-18(21)20-13-22-12-19(20)17-8-6-7-14(2)9-17;2*1-3-2;1-2/h5-11,19-20,22-23H,1,12-13H2,2-4H3;3H2,1-2H3;3H,1H2,2H3;1-2H3/t19-,20+;;;/m1.../s1. The summed E-state index contributed by atoms with van der Waals surface area (Å²) < 4.78 is 0. The van der Waals surface area contributed by atoms with Gasteiger partial charge in [-0.25, -0.2) is 0 Å². The number of hydrogen-bond acceptors (Lipinski definition) is 2. The van der Waals surface area contributed by atoms with E-state index < -0.39 is 0 Å². The van der Waals surface area contributed by atoms with Crippen molar-refractivity contribution >= 4 is 5.69 Å². The fourth-order valence-electron chi connectivity index (χ4n) is 3.64. The number of anilines is 1. The molecule has 2 aromatic carbocycles. The zero-order chi connectivity index (χ0) is 23.8. The lowest BCUT2D eigenvalue weighted by molar-refractivity contribution is 0.666. The van der Waals surface area contributed by atoms with Crippen LogP contribution in [0.15, 0.2) is 61.8 Å². The maximum Gasteiger partial charge on any atom is 0.0418 e. The fourth-order valence-corrected chi connectivity index (χ4v) is 3.64. The minimum atomic E-state index is 0.485. The second-order valence-electron chi connectivity index (χ2n) is 7.77. The average Bonchev–Trinajstić information content (AvgIpc) is 3.23. The molecule has 2 aromatic rings. The Morgan fingerprint density at radius 2 is 1.52 bits per heavy atom. The van der Waals surface area contributed by atoms with Crippen LogP contribution in [0.5, 0.6) is 0 Å². The van der Waals surface area contributed by atoms with Gasteiger partial charge in [0.05, 0.1) is 0 Å². The third kappa shape index (κ3) is 9.14. The van der Waals surface area contributed by atoms with E-state index in [0.717, 1.165) is 13.1 Å². The van der Waals surface area contributed by atoms with Gasteiger partial charge in [-0.3, -0.25) is 0 Å². The van der Waals surface area contributed by atoms with Gasteiger partial charge in [0.2, 0.25) is 0 Å². The number of benzene rings is 2. The maximum absolute atomic E-state index is 3.84. The van der Waals surface area contributed by atoms with Gasteiger partial charge in [0.15, 0.2) is 0 Å². The molecule has 1 fully saturated rings. The van der Waals surface area contributed by atoms with Crippen molar-refractivity contribution in [1.82, 2.24) is 5.32 Å². The van der Waals surface area contributed by atoms with E-state index in [1.165, 1.54) is 39.9 Å². The van der Waals surface area contributed by atoms with Crippen LogP contribution >= 0.6 is 0 Å². The van der Waals surface area contributed by atoms with Crippen LogP contribution in [0.4, 0.5) is 5.69 Å². The molecular formula is C29H46N2. The van der Waals surface area contributed by atoms with Crippen LogP contribution in [-0.4, -0.2) is 13.1 Å². The maximum atomic E-state index is 3.84. The first-order valence-corrected chi connectivity index (χ1v) is 11.8. The predicted octanol–water partition coefficient (Wildman–Crippen LogP) is 8.27. The van der Waals surface area contributed by atoms with Crippen LogP contribution in [0, 0.1) is 20.8 Å². The van der Waals surface area contributed by atoms with Crippen LogP contribution in [0.2, 0.25) is 0 Å². The molecule has 0 saturated carbocycles. The minimum absolute atomic E-state index is 0.485. The highest BCUT2D eigenvalue weighted by molar-refractivity contribution is 5.59. The van der Waals surface area contributed by atoms with Crippen molar-refractivity contribution in [2.24, 2.45) is 0 Å². The summed E-state index contributed by atoms with van der Waals surface area (Å²) in [4.78, 5) is 0. The molecule has 2 N–H and O–H groups in total. The molecule has 0 bridgehead atoms. The Morgan fingerprint density at radius 1 is 0.968 bits per heavy atom. The van der Waals surface area contributed by atoms with Gasteiger partial charge in [0.1, 0.15) is 0 Å².